The van der Waals surface area contributed by atoms with Crippen LogP contribution < -0.4 is 5.32 Å². The predicted octanol–water partition coefficient (Wildman–Crippen LogP) is 4.05. The average Bonchev–Trinajstić information content (AvgIpc) is 2.49. The van der Waals surface area contributed by atoms with Crippen molar-refractivity contribution in [3.05, 3.63) is 35.9 Å². The summed E-state index contributed by atoms with van der Waals surface area (Å²) in [5, 5.41) is 3.59. The minimum atomic E-state index is 0.624. The molecule has 0 aromatic heterocycles. The van der Waals surface area contributed by atoms with Gasteiger partial charge in [0, 0.05) is 12.6 Å². The van der Waals surface area contributed by atoms with Crippen LogP contribution in [0.25, 0.3) is 0 Å². The topological polar surface area (TPSA) is 21.3 Å². The summed E-state index contributed by atoms with van der Waals surface area (Å²) in [6, 6.07) is 11.2. The van der Waals surface area contributed by atoms with Crippen LogP contribution in [0.1, 0.15) is 45.6 Å². The van der Waals surface area contributed by atoms with E-state index in [4.69, 9.17) is 4.74 Å². The number of hydrogen-bond acceptors (Lipinski definition) is 2. The van der Waals surface area contributed by atoms with Gasteiger partial charge in [-0.15, -0.1) is 0 Å². The van der Waals surface area contributed by atoms with Gasteiger partial charge in [0.25, 0.3) is 0 Å². The lowest BCUT2D eigenvalue weighted by molar-refractivity contribution is 0.133. The van der Waals surface area contributed by atoms with Crippen molar-refractivity contribution in [3.8, 4) is 0 Å². The first kappa shape index (κ1) is 17.2. The number of benzene rings is 1. The molecule has 114 valence electrons. The molecule has 1 rings (SSSR count). The molecule has 2 atom stereocenters. The molecule has 0 spiro atoms. The summed E-state index contributed by atoms with van der Waals surface area (Å²) in [7, 11) is 0. The Bertz CT molecular complexity index is 325. The molecule has 20 heavy (non-hydrogen) atoms. The molecule has 0 unspecified atom stereocenters. The van der Waals surface area contributed by atoms with E-state index in [9.17, 15) is 0 Å². The van der Waals surface area contributed by atoms with Crippen molar-refractivity contribution in [2.75, 3.05) is 19.8 Å². The number of hydrogen-bond donors (Lipinski definition) is 1. The van der Waals surface area contributed by atoms with Crippen LogP contribution in [-0.2, 0) is 11.2 Å². The van der Waals surface area contributed by atoms with Crippen LogP contribution in [0, 0.1) is 5.92 Å². The molecular weight excluding hydrogens is 246 g/mol. The number of rotatable bonds is 11. The fourth-order valence-electron chi connectivity index (χ4n) is 2.15. The molecule has 0 saturated heterocycles. The molecule has 1 N–H and O–H groups in total. The maximum absolute atomic E-state index is 5.69. The van der Waals surface area contributed by atoms with Gasteiger partial charge >= 0.3 is 0 Å². The van der Waals surface area contributed by atoms with Gasteiger partial charge in [0.1, 0.15) is 0 Å². The maximum atomic E-state index is 5.69. The van der Waals surface area contributed by atoms with Gasteiger partial charge in [-0.3, -0.25) is 0 Å². The van der Waals surface area contributed by atoms with Crippen LogP contribution in [0.2, 0.25) is 0 Å². The second-order valence-corrected chi connectivity index (χ2v) is 5.68. The van der Waals surface area contributed by atoms with Crippen molar-refractivity contribution in [2.45, 2.75) is 52.5 Å². The van der Waals surface area contributed by atoms with E-state index in [1.807, 2.05) is 0 Å². The Hall–Kier alpha value is -0.860. The molecule has 0 radical (unpaired) electrons. The zero-order chi connectivity index (χ0) is 14.6. The lowest BCUT2D eigenvalue weighted by Gasteiger charge is -2.19. The number of nitrogens with one attached hydrogen (secondary N) is 1. The highest BCUT2D eigenvalue weighted by atomic mass is 16.5. The van der Waals surface area contributed by atoms with Gasteiger partial charge in [-0.25, -0.2) is 0 Å². The van der Waals surface area contributed by atoms with E-state index in [0.29, 0.717) is 6.04 Å². The summed E-state index contributed by atoms with van der Waals surface area (Å²) in [5.74, 6) is 0.761. The van der Waals surface area contributed by atoms with Crippen LogP contribution in [0.15, 0.2) is 30.3 Å². The van der Waals surface area contributed by atoms with E-state index in [2.05, 4.69) is 56.4 Å². The van der Waals surface area contributed by atoms with Crippen molar-refractivity contribution >= 4 is 0 Å². The first-order valence-electron chi connectivity index (χ1n) is 8.09. The first-order valence-corrected chi connectivity index (χ1v) is 8.09. The predicted molar refractivity (Wildman–Crippen MR) is 87.1 cm³/mol. The monoisotopic (exact) mass is 277 g/mol. The molecule has 0 aliphatic rings. The molecule has 1 aromatic rings. The molecule has 0 aliphatic heterocycles. The van der Waals surface area contributed by atoms with Crippen LogP contribution in [-0.4, -0.2) is 25.8 Å². The Kier molecular flexibility index (Phi) is 9.35. The van der Waals surface area contributed by atoms with Gasteiger partial charge in [-0.2, -0.15) is 0 Å². The Morgan fingerprint density at radius 2 is 1.80 bits per heavy atom. The second-order valence-electron chi connectivity index (χ2n) is 5.68. The normalized spacial score (nSPS) is 14.2. The van der Waals surface area contributed by atoms with E-state index < -0.39 is 0 Å². The maximum Gasteiger partial charge on any atom is 0.0506 e. The third-order valence-electron chi connectivity index (χ3n) is 4.06. The highest BCUT2D eigenvalue weighted by Gasteiger charge is 2.07. The van der Waals surface area contributed by atoms with Crippen LogP contribution in [0.5, 0.6) is 0 Å². The third kappa shape index (κ3) is 7.66. The smallest absolute Gasteiger partial charge is 0.0506 e. The van der Waals surface area contributed by atoms with Gasteiger partial charge in [0.2, 0.25) is 0 Å². The molecule has 0 amide bonds. The summed E-state index contributed by atoms with van der Waals surface area (Å²) in [5.41, 5.74) is 1.36. The van der Waals surface area contributed by atoms with Gasteiger partial charge in [0.15, 0.2) is 0 Å². The molecule has 0 bridgehead atoms. The van der Waals surface area contributed by atoms with Crippen molar-refractivity contribution in [1.29, 1.82) is 0 Å². The fourth-order valence-corrected chi connectivity index (χ4v) is 2.15. The lowest BCUT2D eigenvalue weighted by atomic mass is 10.0. The molecule has 1 aromatic carbocycles. The minimum absolute atomic E-state index is 0.624. The Labute approximate surface area is 124 Å². The summed E-state index contributed by atoms with van der Waals surface area (Å²) < 4.78 is 5.69. The lowest BCUT2D eigenvalue weighted by Crippen LogP contribution is -2.32. The Morgan fingerprint density at radius 3 is 2.50 bits per heavy atom. The zero-order valence-electron chi connectivity index (χ0n) is 13.4. The van der Waals surface area contributed by atoms with Crippen molar-refractivity contribution in [3.63, 3.8) is 0 Å². The Morgan fingerprint density at radius 1 is 1.05 bits per heavy atom. The van der Waals surface area contributed by atoms with Crippen molar-refractivity contribution in [1.82, 2.24) is 5.32 Å². The highest BCUT2D eigenvalue weighted by Crippen LogP contribution is 2.06. The van der Waals surface area contributed by atoms with E-state index in [0.717, 1.165) is 38.5 Å². The Balaban J connectivity index is 1.90. The quantitative estimate of drug-likeness (QED) is 0.616. The summed E-state index contributed by atoms with van der Waals surface area (Å²) >= 11 is 0. The van der Waals surface area contributed by atoms with Gasteiger partial charge < -0.3 is 10.1 Å². The molecule has 0 aliphatic carbocycles. The van der Waals surface area contributed by atoms with Gasteiger partial charge in [0.05, 0.1) is 6.61 Å². The van der Waals surface area contributed by atoms with Crippen LogP contribution >= 0.6 is 0 Å². The molecule has 2 heteroatoms. The minimum Gasteiger partial charge on any atom is -0.381 e. The van der Waals surface area contributed by atoms with Crippen LogP contribution in [0.3, 0.4) is 0 Å². The summed E-state index contributed by atoms with van der Waals surface area (Å²) in [6.45, 7) is 9.67. The molecule has 2 nitrogen and oxygen atoms in total. The first-order chi connectivity index (χ1) is 9.74. The van der Waals surface area contributed by atoms with Gasteiger partial charge in [-0.05, 0) is 44.2 Å². The third-order valence-corrected chi connectivity index (χ3v) is 4.06. The van der Waals surface area contributed by atoms with E-state index >= 15 is 0 Å². The highest BCUT2D eigenvalue weighted by molar-refractivity contribution is 5.14. The summed E-state index contributed by atoms with van der Waals surface area (Å²) in [6.07, 6.45) is 4.61. The second kappa shape index (κ2) is 10.9. The molecule has 0 heterocycles. The SMILES string of the molecule is CC[C@@H](C)[C@H](C)NCCCCOCCc1ccccc1. The van der Waals surface area contributed by atoms with E-state index in [1.54, 1.807) is 0 Å². The standard InChI is InChI=1S/C18H31NO/c1-4-16(2)17(3)19-13-8-9-14-20-15-12-18-10-6-5-7-11-18/h5-7,10-11,16-17,19H,4,8-9,12-15H2,1-3H3/t16-,17+/m1/s1. The largest absolute Gasteiger partial charge is 0.381 e. The summed E-state index contributed by atoms with van der Waals surface area (Å²) in [4.78, 5) is 0. The van der Waals surface area contributed by atoms with Crippen LogP contribution in [0.4, 0.5) is 0 Å². The molecule has 0 saturated carbocycles. The molecular formula is C18H31NO. The average molecular weight is 277 g/mol. The number of unbranched alkanes of at least 4 members (excludes halogenated alkanes) is 1. The van der Waals surface area contributed by atoms with E-state index in [1.165, 1.54) is 18.4 Å². The zero-order valence-corrected chi connectivity index (χ0v) is 13.4. The van der Waals surface area contributed by atoms with Crippen molar-refractivity contribution in [2.24, 2.45) is 5.92 Å². The van der Waals surface area contributed by atoms with Crippen molar-refractivity contribution < 1.29 is 4.74 Å². The molecule has 0 fully saturated rings. The fraction of sp³-hybridized carbons (Fsp3) is 0.667. The number of ether oxygens (including phenoxy) is 1. The van der Waals surface area contributed by atoms with Gasteiger partial charge in [-0.1, -0.05) is 50.6 Å². The van der Waals surface area contributed by atoms with E-state index in [-0.39, 0.29) is 0 Å².